The monoisotopic (exact) mass is 273 g/mol. The first-order valence-corrected chi connectivity index (χ1v) is 7.31. The summed E-state index contributed by atoms with van der Waals surface area (Å²) in [6.07, 6.45) is 2.34. The predicted octanol–water partition coefficient (Wildman–Crippen LogP) is 4.00. The molecule has 1 aliphatic heterocycles. The third-order valence-corrected chi connectivity index (χ3v) is 4.38. The largest absolute Gasteiger partial charge is 0.493 e. The minimum atomic E-state index is 0.466. The van der Waals surface area contributed by atoms with Crippen molar-refractivity contribution in [2.45, 2.75) is 19.3 Å². The van der Waals surface area contributed by atoms with Crippen molar-refractivity contribution in [3.63, 3.8) is 0 Å². The topological polar surface area (TPSA) is 33.0 Å². The van der Waals surface area contributed by atoms with Gasteiger partial charge in [-0.2, -0.15) is 5.26 Å². The molecule has 0 unspecified atom stereocenters. The van der Waals surface area contributed by atoms with Gasteiger partial charge in [-0.3, -0.25) is 0 Å². The van der Waals surface area contributed by atoms with Gasteiger partial charge in [-0.15, -0.1) is 0 Å². The summed E-state index contributed by atoms with van der Waals surface area (Å²) < 4.78 is 5.69. The van der Waals surface area contributed by atoms with Crippen LogP contribution in [0.15, 0.2) is 42.5 Å². The first-order chi connectivity index (χ1) is 10.4. The van der Waals surface area contributed by atoms with Crippen LogP contribution in [0.2, 0.25) is 0 Å². The Hall–Kier alpha value is -2.53. The van der Waals surface area contributed by atoms with E-state index in [1.807, 2.05) is 6.07 Å². The van der Waals surface area contributed by atoms with E-state index in [0.29, 0.717) is 6.42 Å². The van der Waals surface area contributed by atoms with E-state index < -0.39 is 0 Å². The lowest BCUT2D eigenvalue weighted by Gasteiger charge is -2.09. The van der Waals surface area contributed by atoms with Gasteiger partial charge < -0.3 is 4.74 Å². The minimum absolute atomic E-state index is 0.466. The lowest BCUT2D eigenvalue weighted by atomic mass is 9.94. The second kappa shape index (κ2) is 4.79. The SMILES string of the molecule is N#CCC1=C(c2ccccc2)Cc2ccc3c(c21)CCO3. The number of nitrogens with zero attached hydrogens (tertiary/aromatic N) is 1. The summed E-state index contributed by atoms with van der Waals surface area (Å²) in [7, 11) is 0. The molecule has 21 heavy (non-hydrogen) atoms. The molecule has 102 valence electrons. The zero-order valence-electron chi connectivity index (χ0n) is 11.7. The van der Waals surface area contributed by atoms with E-state index in [4.69, 9.17) is 4.74 Å². The van der Waals surface area contributed by atoms with Crippen LogP contribution in [-0.4, -0.2) is 6.61 Å². The fraction of sp³-hybridized carbons (Fsp3) is 0.211. The van der Waals surface area contributed by atoms with E-state index in [-0.39, 0.29) is 0 Å². The fourth-order valence-electron chi connectivity index (χ4n) is 3.48. The Balaban J connectivity index is 1.93. The van der Waals surface area contributed by atoms with Crippen LogP contribution < -0.4 is 4.74 Å². The van der Waals surface area contributed by atoms with E-state index >= 15 is 0 Å². The maximum atomic E-state index is 9.25. The maximum absolute atomic E-state index is 9.25. The summed E-state index contributed by atoms with van der Waals surface area (Å²) in [5.74, 6) is 0.999. The molecule has 0 fully saturated rings. The Morgan fingerprint density at radius 1 is 1.10 bits per heavy atom. The summed E-state index contributed by atoms with van der Waals surface area (Å²) in [6, 6.07) is 17.0. The smallest absolute Gasteiger partial charge is 0.123 e. The van der Waals surface area contributed by atoms with Crippen LogP contribution in [0.1, 0.15) is 28.7 Å². The summed E-state index contributed by atoms with van der Waals surface area (Å²) in [5, 5.41) is 9.25. The lowest BCUT2D eigenvalue weighted by Crippen LogP contribution is -1.91. The van der Waals surface area contributed by atoms with Crippen LogP contribution in [0.4, 0.5) is 0 Å². The van der Waals surface area contributed by atoms with Crippen molar-refractivity contribution in [3.05, 3.63) is 64.7 Å². The van der Waals surface area contributed by atoms with Crippen LogP contribution in [0.3, 0.4) is 0 Å². The Kier molecular flexibility index (Phi) is 2.79. The molecule has 2 aliphatic rings. The van der Waals surface area contributed by atoms with E-state index in [1.165, 1.54) is 33.4 Å². The molecule has 2 aromatic rings. The van der Waals surface area contributed by atoms with Gasteiger partial charge in [-0.25, -0.2) is 0 Å². The molecule has 0 saturated carbocycles. The van der Waals surface area contributed by atoms with Crippen molar-refractivity contribution < 1.29 is 4.74 Å². The van der Waals surface area contributed by atoms with Crippen LogP contribution in [0.5, 0.6) is 5.75 Å². The molecule has 0 atom stereocenters. The van der Waals surface area contributed by atoms with E-state index in [0.717, 1.165) is 25.2 Å². The first kappa shape index (κ1) is 12.2. The van der Waals surface area contributed by atoms with Crippen molar-refractivity contribution in [2.24, 2.45) is 0 Å². The Labute approximate surface area is 124 Å². The molecule has 1 heterocycles. The number of hydrogen-bond acceptors (Lipinski definition) is 2. The van der Waals surface area contributed by atoms with E-state index in [1.54, 1.807) is 0 Å². The van der Waals surface area contributed by atoms with Gasteiger partial charge in [-0.1, -0.05) is 36.4 Å². The van der Waals surface area contributed by atoms with Crippen LogP contribution in [0, 0.1) is 11.3 Å². The van der Waals surface area contributed by atoms with Gasteiger partial charge in [0.1, 0.15) is 5.75 Å². The van der Waals surface area contributed by atoms with Crippen molar-refractivity contribution in [2.75, 3.05) is 6.61 Å². The second-order valence-electron chi connectivity index (χ2n) is 5.51. The Morgan fingerprint density at radius 2 is 1.95 bits per heavy atom. The average Bonchev–Trinajstić information content (AvgIpc) is 3.12. The molecule has 0 N–H and O–H groups in total. The van der Waals surface area contributed by atoms with Crippen LogP contribution >= 0.6 is 0 Å². The summed E-state index contributed by atoms with van der Waals surface area (Å²) in [5.41, 5.74) is 7.64. The van der Waals surface area contributed by atoms with Gasteiger partial charge in [0, 0.05) is 12.0 Å². The van der Waals surface area contributed by atoms with Crippen molar-refractivity contribution in [1.82, 2.24) is 0 Å². The first-order valence-electron chi connectivity index (χ1n) is 7.31. The number of hydrogen-bond donors (Lipinski definition) is 0. The van der Waals surface area contributed by atoms with Crippen molar-refractivity contribution >= 4 is 11.1 Å². The third-order valence-electron chi connectivity index (χ3n) is 4.38. The molecule has 0 radical (unpaired) electrons. The fourth-order valence-corrected chi connectivity index (χ4v) is 3.48. The number of fused-ring (bicyclic) bond motifs is 3. The summed E-state index contributed by atoms with van der Waals surface area (Å²) in [4.78, 5) is 0. The quantitative estimate of drug-likeness (QED) is 0.828. The number of nitriles is 1. The van der Waals surface area contributed by atoms with Crippen molar-refractivity contribution in [3.8, 4) is 11.8 Å². The van der Waals surface area contributed by atoms with Crippen LogP contribution in [-0.2, 0) is 12.8 Å². The lowest BCUT2D eigenvalue weighted by molar-refractivity contribution is 0.357. The molecule has 2 heteroatoms. The molecule has 0 aromatic heterocycles. The third kappa shape index (κ3) is 1.86. The zero-order chi connectivity index (χ0) is 14.2. The number of ether oxygens (including phenoxy) is 1. The number of allylic oxidation sites excluding steroid dienone is 2. The summed E-state index contributed by atoms with van der Waals surface area (Å²) in [6.45, 7) is 0.756. The molecule has 0 spiro atoms. The Bertz CT molecular complexity index is 781. The molecule has 4 rings (SSSR count). The standard InChI is InChI=1S/C19H15NO/c20-10-8-15-17(13-4-2-1-3-5-13)12-14-6-7-18-16(19(14)15)9-11-21-18/h1-7H,8-9,11-12H2. The molecule has 2 aromatic carbocycles. The maximum Gasteiger partial charge on any atom is 0.123 e. The van der Waals surface area contributed by atoms with Gasteiger partial charge in [0.15, 0.2) is 0 Å². The molecule has 2 nitrogen and oxygen atoms in total. The van der Waals surface area contributed by atoms with Crippen molar-refractivity contribution in [1.29, 1.82) is 5.26 Å². The van der Waals surface area contributed by atoms with Gasteiger partial charge in [-0.05, 0) is 40.3 Å². The highest BCUT2D eigenvalue weighted by molar-refractivity contribution is 5.99. The van der Waals surface area contributed by atoms with Gasteiger partial charge in [0.2, 0.25) is 0 Å². The van der Waals surface area contributed by atoms with Gasteiger partial charge in [0.05, 0.1) is 19.1 Å². The highest BCUT2D eigenvalue weighted by Gasteiger charge is 2.28. The summed E-state index contributed by atoms with van der Waals surface area (Å²) >= 11 is 0. The average molecular weight is 273 g/mol. The molecule has 0 bridgehead atoms. The Morgan fingerprint density at radius 3 is 2.76 bits per heavy atom. The molecular formula is C19H15NO. The van der Waals surface area contributed by atoms with Gasteiger partial charge in [0.25, 0.3) is 0 Å². The number of benzene rings is 2. The highest BCUT2D eigenvalue weighted by Crippen LogP contribution is 2.45. The minimum Gasteiger partial charge on any atom is -0.493 e. The van der Waals surface area contributed by atoms with E-state index in [2.05, 4.69) is 42.5 Å². The second-order valence-corrected chi connectivity index (χ2v) is 5.51. The zero-order valence-corrected chi connectivity index (χ0v) is 11.7. The normalized spacial score (nSPS) is 15.4. The molecule has 0 saturated heterocycles. The molecule has 0 amide bonds. The molecule has 1 aliphatic carbocycles. The number of rotatable bonds is 2. The molecular weight excluding hydrogens is 258 g/mol. The van der Waals surface area contributed by atoms with Gasteiger partial charge >= 0.3 is 0 Å². The predicted molar refractivity (Wildman–Crippen MR) is 82.8 cm³/mol. The van der Waals surface area contributed by atoms with Crippen LogP contribution in [0.25, 0.3) is 11.1 Å². The highest BCUT2D eigenvalue weighted by atomic mass is 16.5. The van der Waals surface area contributed by atoms with E-state index in [9.17, 15) is 5.26 Å².